The van der Waals surface area contributed by atoms with Gasteiger partial charge in [0, 0.05) is 6.08 Å². The van der Waals surface area contributed by atoms with Crippen molar-refractivity contribution in [3.8, 4) is 0 Å². The van der Waals surface area contributed by atoms with Gasteiger partial charge >= 0.3 is 12.1 Å². The minimum absolute atomic E-state index is 0.229. The molecule has 0 radical (unpaired) electrons. The fourth-order valence-corrected chi connectivity index (χ4v) is 1.60. The molecular weight excluding hydrogens is 214 g/mol. The van der Waals surface area contributed by atoms with Gasteiger partial charge in [0.2, 0.25) is 0 Å². The Morgan fingerprint density at radius 3 is 2.69 bits per heavy atom. The van der Waals surface area contributed by atoms with Crippen LogP contribution in [0.3, 0.4) is 0 Å². The molecule has 0 aromatic carbocycles. The molecule has 0 unspecified atom stereocenters. The molecule has 0 spiro atoms. The van der Waals surface area contributed by atoms with E-state index in [4.69, 9.17) is 9.84 Å². The molecule has 0 saturated carbocycles. The van der Waals surface area contributed by atoms with E-state index in [1.54, 1.807) is 13.8 Å². The minimum Gasteiger partial charge on any atom is -0.466 e. The second kappa shape index (κ2) is 4.52. The van der Waals surface area contributed by atoms with Crippen LogP contribution in [0.1, 0.15) is 13.8 Å². The van der Waals surface area contributed by atoms with E-state index in [9.17, 15) is 9.59 Å². The van der Waals surface area contributed by atoms with Crippen LogP contribution in [0.25, 0.3) is 0 Å². The molecule has 0 aliphatic carbocycles. The fourth-order valence-electron chi connectivity index (χ4n) is 1.60. The summed E-state index contributed by atoms with van der Waals surface area (Å²) in [6.07, 6.45) is 1.59. The first-order chi connectivity index (χ1) is 7.38. The molecule has 0 aromatic heterocycles. The van der Waals surface area contributed by atoms with Gasteiger partial charge in [0.15, 0.2) is 0 Å². The van der Waals surface area contributed by atoms with Crippen LogP contribution < -0.4 is 0 Å². The Balaban J connectivity index is 2.78. The Morgan fingerprint density at radius 1 is 1.56 bits per heavy atom. The first-order valence-corrected chi connectivity index (χ1v) is 4.81. The maximum Gasteiger partial charge on any atom is 0.410 e. The zero-order valence-corrected chi connectivity index (χ0v) is 9.47. The summed E-state index contributed by atoms with van der Waals surface area (Å²) in [5, 5.41) is 9.04. The second-order valence-corrected chi connectivity index (χ2v) is 3.86. The van der Waals surface area contributed by atoms with Gasteiger partial charge in [-0.15, -0.1) is 0 Å². The minimum atomic E-state index is -1.08. The second-order valence-electron chi connectivity index (χ2n) is 3.86. The van der Waals surface area contributed by atoms with Crippen molar-refractivity contribution in [1.82, 2.24) is 4.90 Å². The number of hydrogen-bond donors (Lipinski definition) is 1. The van der Waals surface area contributed by atoms with E-state index in [0.717, 1.165) is 4.90 Å². The summed E-state index contributed by atoms with van der Waals surface area (Å²) >= 11 is 0. The Kier molecular flexibility index (Phi) is 3.54. The summed E-state index contributed by atoms with van der Waals surface area (Å²) in [6.45, 7) is 3.55. The molecule has 1 rings (SSSR count). The average molecular weight is 229 g/mol. The van der Waals surface area contributed by atoms with Gasteiger partial charge in [0.1, 0.15) is 5.72 Å². The largest absolute Gasteiger partial charge is 0.466 e. The third kappa shape index (κ3) is 2.52. The molecule has 1 saturated heterocycles. The lowest BCUT2D eigenvalue weighted by Gasteiger charge is -2.29. The van der Waals surface area contributed by atoms with E-state index in [-0.39, 0.29) is 6.61 Å². The van der Waals surface area contributed by atoms with E-state index in [0.29, 0.717) is 0 Å². The molecule has 0 aromatic rings. The zero-order chi connectivity index (χ0) is 12.3. The van der Waals surface area contributed by atoms with Crippen molar-refractivity contribution in [1.29, 1.82) is 0 Å². The lowest BCUT2D eigenvalue weighted by atomic mass is 10.2. The highest BCUT2D eigenvalue weighted by molar-refractivity contribution is 5.82. The number of hydrogen-bond acceptors (Lipinski definition) is 4. The van der Waals surface area contributed by atoms with Crippen LogP contribution >= 0.6 is 0 Å². The fraction of sp³-hybridized carbons (Fsp3) is 0.600. The molecule has 1 aliphatic heterocycles. The lowest BCUT2D eigenvalue weighted by Crippen LogP contribution is -2.46. The summed E-state index contributed by atoms with van der Waals surface area (Å²) in [4.78, 5) is 23.1. The third-order valence-electron chi connectivity index (χ3n) is 2.38. The van der Waals surface area contributed by atoms with E-state index < -0.39 is 23.8 Å². The van der Waals surface area contributed by atoms with Gasteiger partial charge in [-0.1, -0.05) is 6.08 Å². The molecule has 1 fully saturated rings. The van der Waals surface area contributed by atoms with Crippen molar-refractivity contribution >= 4 is 12.1 Å². The molecule has 1 aliphatic rings. The van der Waals surface area contributed by atoms with E-state index in [1.807, 2.05) is 0 Å². The normalized spacial score (nSPS) is 23.7. The Bertz CT molecular complexity index is 323. The van der Waals surface area contributed by atoms with Gasteiger partial charge in [0.05, 0.1) is 19.8 Å². The van der Waals surface area contributed by atoms with Crippen molar-refractivity contribution in [2.45, 2.75) is 25.6 Å². The van der Waals surface area contributed by atoms with Crippen molar-refractivity contribution in [2.24, 2.45) is 0 Å². The number of esters is 1. The molecule has 6 heteroatoms. The SMILES string of the molecule is COC(=O)/C=C/[C@H]1COC(C)(C)N1C(=O)O. The zero-order valence-electron chi connectivity index (χ0n) is 9.47. The van der Waals surface area contributed by atoms with Crippen LogP contribution in [0.15, 0.2) is 12.2 Å². The quantitative estimate of drug-likeness (QED) is 0.560. The topological polar surface area (TPSA) is 76.1 Å². The van der Waals surface area contributed by atoms with E-state index in [1.165, 1.54) is 19.3 Å². The number of ether oxygens (including phenoxy) is 2. The van der Waals surface area contributed by atoms with Gasteiger partial charge in [0.25, 0.3) is 0 Å². The highest BCUT2D eigenvalue weighted by Gasteiger charge is 2.42. The van der Waals surface area contributed by atoms with Gasteiger partial charge in [-0.25, -0.2) is 9.59 Å². The van der Waals surface area contributed by atoms with Crippen LogP contribution in [0.2, 0.25) is 0 Å². The highest BCUT2D eigenvalue weighted by Crippen LogP contribution is 2.27. The molecule has 90 valence electrons. The van der Waals surface area contributed by atoms with Crippen LogP contribution in [0.5, 0.6) is 0 Å². The van der Waals surface area contributed by atoms with E-state index in [2.05, 4.69) is 4.74 Å². The van der Waals surface area contributed by atoms with Crippen LogP contribution in [-0.4, -0.2) is 47.6 Å². The maximum atomic E-state index is 11.0. The van der Waals surface area contributed by atoms with Gasteiger partial charge in [-0.05, 0) is 13.8 Å². The Morgan fingerprint density at radius 2 is 2.19 bits per heavy atom. The van der Waals surface area contributed by atoms with Gasteiger partial charge in [-0.2, -0.15) is 0 Å². The lowest BCUT2D eigenvalue weighted by molar-refractivity contribution is -0.134. The molecule has 1 N–H and O–H groups in total. The average Bonchev–Trinajstić information content (AvgIpc) is 2.50. The Labute approximate surface area is 93.4 Å². The van der Waals surface area contributed by atoms with Crippen molar-refractivity contribution in [3.05, 3.63) is 12.2 Å². The van der Waals surface area contributed by atoms with Crippen LogP contribution in [-0.2, 0) is 14.3 Å². The highest BCUT2D eigenvalue weighted by atomic mass is 16.5. The monoisotopic (exact) mass is 229 g/mol. The Hall–Kier alpha value is -1.56. The maximum absolute atomic E-state index is 11.0. The molecule has 1 amide bonds. The van der Waals surface area contributed by atoms with Crippen LogP contribution in [0, 0.1) is 0 Å². The number of carboxylic acid groups (broad SMARTS) is 1. The number of nitrogens with zero attached hydrogens (tertiary/aromatic N) is 1. The summed E-state index contributed by atoms with van der Waals surface area (Å²) in [6, 6.07) is -0.466. The number of carbonyl (C=O) groups excluding carboxylic acids is 1. The summed E-state index contributed by atoms with van der Waals surface area (Å²) < 4.78 is 9.76. The number of carbonyl (C=O) groups is 2. The first-order valence-electron chi connectivity index (χ1n) is 4.81. The molecule has 16 heavy (non-hydrogen) atoms. The van der Waals surface area contributed by atoms with Gasteiger partial charge < -0.3 is 14.6 Å². The molecular formula is C10H15NO5. The van der Waals surface area contributed by atoms with Crippen molar-refractivity contribution in [3.63, 3.8) is 0 Å². The molecule has 1 heterocycles. The van der Waals surface area contributed by atoms with E-state index >= 15 is 0 Å². The van der Waals surface area contributed by atoms with Crippen LogP contribution in [0.4, 0.5) is 4.79 Å². The van der Waals surface area contributed by atoms with Crippen molar-refractivity contribution in [2.75, 3.05) is 13.7 Å². The van der Waals surface area contributed by atoms with Crippen molar-refractivity contribution < 1.29 is 24.2 Å². The molecule has 0 bridgehead atoms. The number of methoxy groups -OCH3 is 1. The smallest absolute Gasteiger partial charge is 0.410 e. The first kappa shape index (κ1) is 12.5. The summed E-state index contributed by atoms with van der Waals surface area (Å²) in [7, 11) is 1.26. The third-order valence-corrected chi connectivity index (χ3v) is 2.38. The number of rotatable bonds is 2. The standard InChI is InChI=1S/C10H15NO5/c1-10(2)11(9(13)14)7(6-16-10)4-5-8(12)15-3/h4-5,7H,6H2,1-3H3,(H,13,14)/b5-4+/t7-/m0/s1. The predicted molar refractivity (Wildman–Crippen MR) is 54.8 cm³/mol. The number of amides is 1. The molecule has 1 atom stereocenters. The predicted octanol–water partition coefficient (Wildman–Crippen LogP) is 0.830. The molecule has 6 nitrogen and oxygen atoms in total. The summed E-state index contributed by atoms with van der Waals surface area (Å²) in [5.74, 6) is -0.518. The van der Waals surface area contributed by atoms with Gasteiger partial charge in [-0.3, -0.25) is 4.90 Å². The summed E-state index contributed by atoms with van der Waals surface area (Å²) in [5.41, 5.74) is -0.878.